The van der Waals surface area contributed by atoms with Gasteiger partial charge >= 0.3 is 7.82 Å². The third-order valence-corrected chi connectivity index (χ3v) is 10.1. The number of hydrogen-bond acceptors (Lipinski definition) is 7. The van der Waals surface area contributed by atoms with Crippen LogP contribution in [0.3, 0.4) is 0 Å². The first-order valence-electron chi connectivity index (χ1n) is 21.3. The molecule has 0 aromatic heterocycles. The molecule has 4 unspecified atom stereocenters. The molecule has 0 aliphatic carbocycles. The predicted octanol–water partition coefficient (Wildman–Crippen LogP) is 10.7. The number of hydrogen-bond donors (Lipinski definition) is 5. The molecule has 6 N–H and O–H groups in total. The van der Waals surface area contributed by atoms with Crippen molar-refractivity contribution in [1.82, 2.24) is 5.32 Å². The van der Waals surface area contributed by atoms with Crippen LogP contribution in [-0.4, -0.2) is 59.0 Å². The second-order valence-electron chi connectivity index (χ2n) is 14.4. The number of phosphoric acid groups is 1. The van der Waals surface area contributed by atoms with Crippen molar-refractivity contribution in [2.24, 2.45) is 5.73 Å². The fourth-order valence-corrected chi connectivity index (χ4v) is 6.67. The SMILES string of the molecule is CCCCCCCC/C=C\CCCC(O)CC(=O)NC(COP(=O)(O)OCCN)C(O)/C=C/CC/C=C/CC/C=C/CCCCCCCCCCCC. The molecule has 9 nitrogen and oxygen atoms in total. The monoisotopic (exact) mass is 769 g/mol. The average molecular weight is 769 g/mol. The first kappa shape index (κ1) is 51.4. The number of unbranched alkanes of at least 4 members (excludes halogenated alkanes) is 19. The van der Waals surface area contributed by atoms with Crippen LogP contribution in [0.1, 0.15) is 181 Å². The number of phosphoric ester groups is 1. The molecule has 0 saturated carbocycles. The molecule has 53 heavy (non-hydrogen) atoms. The Kier molecular flexibility index (Phi) is 37.5. The van der Waals surface area contributed by atoms with Gasteiger partial charge in [0.05, 0.1) is 37.9 Å². The lowest BCUT2D eigenvalue weighted by Gasteiger charge is -2.24. The second kappa shape index (κ2) is 38.7. The van der Waals surface area contributed by atoms with E-state index in [-0.39, 0.29) is 19.6 Å². The highest BCUT2D eigenvalue weighted by molar-refractivity contribution is 7.47. The van der Waals surface area contributed by atoms with Crippen molar-refractivity contribution in [2.75, 3.05) is 19.8 Å². The summed E-state index contributed by atoms with van der Waals surface area (Å²) in [5.74, 6) is -0.478. The van der Waals surface area contributed by atoms with Gasteiger partial charge in [0.1, 0.15) is 0 Å². The maximum absolute atomic E-state index is 12.8. The van der Waals surface area contributed by atoms with Crippen LogP contribution in [0.4, 0.5) is 0 Å². The van der Waals surface area contributed by atoms with Crippen molar-refractivity contribution in [1.29, 1.82) is 0 Å². The number of nitrogens with one attached hydrogen (secondary N) is 1. The van der Waals surface area contributed by atoms with E-state index in [0.717, 1.165) is 44.9 Å². The van der Waals surface area contributed by atoms with Gasteiger partial charge in [0, 0.05) is 6.54 Å². The largest absolute Gasteiger partial charge is 0.472 e. The van der Waals surface area contributed by atoms with Crippen molar-refractivity contribution in [3.05, 3.63) is 48.6 Å². The van der Waals surface area contributed by atoms with Crippen molar-refractivity contribution in [3.8, 4) is 0 Å². The summed E-state index contributed by atoms with van der Waals surface area (Å²) in [5, 5.41) is 23.9. The molecule has 0 aliphatic rings. The van der Waals surface area contributed by atoms with E-state index in [4.69, 9.17) is 14.8 Å². The van der Waals surface area contributed by atoms with E-state index in [1.165, 1.54) is 103 Å². The average Bonchev–Trinajstić information content (AvgIpc) is 3.13. The Morgan fingerprint density at radius 3 is 1.57 bits per heavy atom. The normalized spacial score (nSPS) is 15.2. The van der Waals surface area contributed by atoms with E-state index >= 15 is 0 Å². The smallest absolute Gasteiger partial charge is 0.393 e. The molecule has 10 heteroatoms. The van der Waals surface area contributed by atoms with E-state index in [9.17, 15) is 24.5 Å². The molecule has 0 heterocycles. The predicted molar refractivity (Wildman–Crippen MR) is 223 cm³/mol. The van der Waals surface area contributed by atoms with Crippen molar-refractivity contribution in [3.63, 3.8) is 0 Å². The van der Waals surface area contributed by atoms with Gasteiger partial charge in [-0.3, -0.25) is 13.8 Å². The summed E-state index contributed by atoms with van der Waals surface area (Å²) in [5.41, 5.74) is 5.35. The van der Waals surface area contributed by atoms with Crippen LogP contribution in [-0.2, 0) is 18.4 Å². The maximum atomic E-state index is 12.8. The Morgan fingerprint density at radius 2 is 1.08 bits per heavy atom. The molecule has 310 valence electrons. The maximum Gasteiger partial charge on any atom is 0.472 e. The molecule has 0 spiro atoms. The van der Waals surface area contributed by atoms with Gasteiger partial charge in [0.25, 0.3) is 0 Å². The van der Waals surface area contributed by atoms with Gasteiger partial charge in [0.2, 0.25) is 5.91 Å². The van der Waals surface area contributed by atoms with Gasteiger partial charge in [-0.1, -0.05) is 152 Å². The molecule has 0 aromatic rings. The summed E-state index contributed by atoms with van der Waals surface area (Å²) in [6.45, 7) is 3.90. The first-order valence-corrected chi connectivity index (χ1v) is 22.8. The second-order valence-corrected chi connectivity index (χ2v) is 15.8. The van der Waals surface area contributed by atoms with Gasteiger partial charge in [-0.15, -0.1) is 0 Å². The molecule has 0 saturated heterocycles. The van der Waals surface area contributed by atoms with Crippen LogP contribution in [0.15, 0.2) is 48.6 Å². The Balaban J connectivity index is 4.45. The molecular weight excluding hydrogens is 687 g/mol. The van der Waals surface area contributed by atoms with E-state index < -0.39 is 38.6 Å². The van der Waals surface area contributed by atoms with Crippen LogP contribution in [0.25, 0.3) is 0 Å². The quantitative estimate of drug-likeness (QED) is 0.0235. The van der Waals surface area contributed by atoms with Crippen LogP contribution < -0.4 is 11.1 Å². The Bertz CT molecular complexity index is 988. The lowest BCUT2D eigenvalue weighted by Crippen LogP contribution is -2.46. The molecule has 0 aromatic carbocycles. The summed E-state index contributed by atoms with van der Waals surface area (Å²) in [6, 6.07) is -1.01. The van der Waals surface area contributed by atoms with Crippen LogP contribution in [0, 0.1) is 0 Å². The zero-order chi connectivity index (χ0) is 39.1. The topological polar surface area (TPSA) is 151 Å². The Labute approximate surface area is 325 Å². The minimum atomic E-state index is -4.41. The Morgan fingerprint density at radius 1 is 0.642 bits per heavy atom. The molecule has 0 rings (SSSR count). The summed E-state index contributed by atoms with van der Waals surface area (Å²) in [6.07, 6.45) is 43.5. The third-order valence-electron chi connectivity index (χ3n) is 9.16. The van der Waals surface area contributed by atoms with Crippen LogP contribution in [0.2, 0.25) is 0 Å². The number of nitrogens with two attached hydrogens (primary N) is 1. The van der Waals surface area contributed by atoms with Crippen LogP contribution >= 0.6 is 7.82 Å². The molecular formula is C43H81N2O7P. The van der Waals surface area contributed by atoms with E-state index in [2.05, 4.69) is 55.6 Å². The van der Waals surface area contributed by atoms with E-state index in [1.807, 2.05) is 6.08 Å². The molecule has 0 radical (unpaired) electrons. The number of carbonyl (C=O) groups excluding carboxylic acids is 1. The number of rotatable bonds is 39. The fraction of sp³-hybridized carbons (Fsp3) is 0.791. The zero-order valence-corrected chi connectivity index (χ0v) is 34.8. The van der Waals surface area contributed by atoms with Crippen molar-refractivity contribution >= 4 is 13.7 Å². The van der Waals surface area contributed by atoms with Crippen molar-refractivity contribution in [2.45, 2.75) is 199 Å². The molecule has 4 atom stereocenters. The Hall–Kier alpha value is -1.58. The highest BCUT2D eigenvalue weighted by Gasteiger charge is 2.27. The molecule has 1 amide bonds. The number of allylic oxidation sites excluding steroid dienone is 7. The number of aliphatic hydroxyl groups is 2. The first-order chi connectivity index (χ1) is 25.8. The van der Waals surface area contributed by atoms with Gasteiger partial charge in [-0.2, -0.15) is 0 Å². The summed E-state index contributed by atoms with van der Waals surface area (Å²) in [4.78, 5) is 22.7. The summed E-state index contributed by atoms with van der Waals surface area (Å²) in [7, 11) is -4.41. The summed E-state index contributed by atoms with van der Waals surface area (Å²) < 4.78 is 22.0. The highest BCUT2D eigenvalue weighted by atomic mass is 31.2. The lowest BCUT2D eigenvalue weighted by molar-refractivity contribution is -0.124. The highest BCUT2D eigenvalue weighted by Crippen LogP contribution is 2.43. The number of carbonyl (C=O) groups is 1. The van der Waals surface area contributed by atoms with E-state index in [1.54, 1.807) is 6.08 Å². The van der Waals surface area contributed by atoms with Gasteiger partial charge < -0.3 is 26.2 Å². The molecule has 0 fully saturated rings. The third kappa shape index (κ3) is 37.1. The molecule has 0 aliphatic heterocycles. The number of amides is 1. The minimum absolute atomic E-state index is 0.0385. The zero-order valence-electron chi connectivity index (χ0n) is 33.9. The number of aliphatic hydroxyl groups excluding tert-OH is 2. The molecule has 0 bridgehead atoms. The lowest BCUT2D eigenvalue weighted by atomic mass is 10.1. The summed E-state index contributed by atoms with van der Waals surface area (Å²) >= 11 is 0. The minimum Gasteiger partial charge on any atom is -0.393 e. The van der Waals surface area contributed by atoms with E-state index in [0.29, 0.717) is 12.8 Å². The van der Waals surface area contributed by atoms with Gasteiger partial charge in [-0.25, -0.2) is 4.57 Å². The standard InChI is InChI=1S/C43H81N2O7P/c1-3-5-7-9-11-13-15-16-17-18-19-20-21-22-23-25-27-29-31-33-35-42(47)41(39-52-53(49,50)51-37-36-44)45-43(48)38-40(46)34-32-30-28-26-24-14-12-10-8-6-4-2/h20-21,25-28,33,35,40-42,46-47H,3-19,22-24,29-32,34,36-39,44H2,1-2H3,(H,45,48)(H,49,50)/b21-20+,27-25+,28-26-,35-33+. The van der Waals surface area contributed by atoms with Crippen molar-refractivity contribution < 1.29 is 33.5 Å². The van der Waals surface area contributed by atoms with Gasteiger partial charge in [-0.05, 0) is 70.6 Å². The van der Waals surface area contributed by atoms with Gasteiger partial charge in [0.15, 0.2) is 0 Å². The fourth-order valence-electron chi connectivity index (χ4n) is 5.91. The van der Waals surface area contributed by atoms with Crippen LogP contribution in [0.5, 0.6) is 0 Å².